The van der Waals surface area contributed by atoms with Crippen molar-refractivity contribution < 1.29 is 34.0 Å². The van der Waals surface area contributed by atoms with E-state index in [1.165, 1.54) is 0 Å². The Balaban J connectivity index is 1.24. The minimum atomic E-state index is -1.12. The highest BCUT2D eigenvalue weighted by atomic mass is 16.6. The van der Waals surface area contributed by atoms with Crippen molar-refractivity contribution in [1.29, 1.82) is 0 Å². The van der Waals surface area contributed by atoms with Crippen LogP contribution in [0.3, 0.4) is 0 Å². The van der Waals surface area contributed by atoms with E-state index in [0.717, 1.165) is 17.7 Å². The molecule has 182 valence electrons. The Morgan fingerprint density at radius 3 is 2.63 bits per heavy atom. The van der Waals surface area contributed by atoms with Gasteiger partial charge < -0.3 is 29.3 Å². The molecule has 1 saturated heterocycles. The monoisotopic (exact) mass is 477 g/mol. The first-order chi connectivity index (χ1) is 16.8. The van der Waals surface area contributed by atoms with Crippen molar-refractivity contribution in [3.63, 3.8) is 0 Å². The maximum absolute atomic E-state index is 12.7. The van der Waals surface area contributed by atoms with Gasteiger partial charge in [-0.3, -0.25) is 9.59 Å². The number of carbonyl (C=O) groups excluding carboxylic acids is 2. The summed E-state index contributed by atoms with van der Waals surface area (Å²) in [5, 5.41) is 22.7. The van der Waals surface area contributed by atoms with Crippen molar-refractivity contribution in [2.75, 3.05) is 13.6 Å². The number of hydrogen-bond acceptors (Lipinski definition) is 8. The first-order valence-corrected chi connectivity index (χ1v) is 11.9. The highest BCUT2D eigenvalue weighted by molar-refractivity contribution is 5.79. The molecule has 2 aliphatic heterocycles. The molecule has 2 aromatic carbocycles. The van der Waals surface area contributed by atoms with Crippen molar-refractivity contribution in [2.45, 2.75) is 55.3 Å². The molecule has 6 rings (SSSR count). The van der Waals surface area contributed by atoms with Crippen LogP contribution in [0.15, 0.2) is 54.3 Å². The van der Waals surface area contributed by atoms with Crippen LogP contribution in [0.5, 0.6) is 17.2 Å². The maximum atomic E-state index is 12.7. The fraction of sp³-hybridized carbons (Fsp3) is 0.407. The van der Waals surface area contributed by atoms with Crippen LogP contribution in [0.4, 0.5) is 0 Å². The van der Waals surface area contributed by atoms with Gasteiger partial charge in [-0.25, -0.2) is 0 Å². The molecule has 4 atom stereocenters. The molecule has 0 saturated carbocycles. The lowest BCUT2D eigenvalue weighted by Gasteiger charge is -2.61. The van der Waals surface area contributed by atoms with Crippen LogP contribution in [0.2, 0.25) is 0 Å². The van der Waals surface area contributed by atoms with Crippen molar-refractivity contribution in [3.8, 4) is 17.2 Å². The Morgan fingerprint density at radius 1 is 1.11 bits per heavy atom. The molecule has 2 N–H and O–H groups in total. The van der Waals surface area contributed by atoms with Crippen molar-refractivity contribution >= 4 is 11.9 Å². The van der Waals surface area contributed by atoms with E-state index >= 15 is 0 Å². The minimum Gasteiger partial charge on any atom is -0.504 e. The molecule has 0 unspecified atom stereocenters. The van der Waals surface area contributed by atoms with E-state index in [-0.39, 0.29) is 24.6 Å². The number of para-hydroxylation sites is 1. The number of benzene rings is 2. The third-order valence-electron chi connectivity index (χ3n) is 8.09. The van der Waals surface area contributed by atoms with E-state index in [1.54, 1.807) is 36.4 Å². The van der Waals surface area contributed by atoms with Crippen LogP contribution in [0.25, 0.3) is 0 Å². The van der Waals surface area contributed by atoms with Crippen LogP contribution in [-0.4, -0.2) is 58.4 Å². The molecule has 1 fully saturated rings. The predicted octanol–water partition coefficient (Wildman–Crippen LogP) is 2.60. The van der Waals surface area contributed by atoms with E-state index in [0.29, 0.717) is 36.5 Å². The summed E-state index contributed by atoms with van der Waals surface area (Å²) in [5.74, 6) is 0.0189. The van der Waals surface area contributed by atoms with Crippen LogP contribution in [0.1, 0.15) is 36.8 Å². The fourth-order valence-corrected chi connectivity index (χ4v) is 6.50. The Bertz CT molecular complexity index is 1240. The fourth-order valence-electron chi connectivity index (χ4n) is 6.50. The van der Waals surface area contributed by atoms with Crippen molar-refractivity contribution in [1.82, 2.24) is 4.90 Å². The minimum absolute atomic E-state index is 0.0154. The first-order valence-electron chi connectivity index (χ1n) is 11.9. The lowest BCUT2D eigenvalue weighted by atomic mass is 9.50. The number of aliphatic hydroxyl groups is 1. The molecule has 0 radical (unpaired) electrons. The van der Waals surface area contributed by atoms with Gasteiger partial charge in [0.05, 0.1) is 23.9 Å². The molecule has 2 aliphatic carbocycles. The predicted molar refractivity (Wildman–Crippen MR) is 124 cm³/mol. The molecule has 0 amide bonds. The summed E-state index contributed by atoms with van der Waals surface area (Å²) < 4.78 is 17.2. The number of carbonyl (C=O) groups is 2. The number of rotatable bonds is 5. The second-order valence-corrected chi connectivity index (χ2v) is 9.86. The number of likely N-dealkylation sites (tertiary alicyclic amines) is 1. The number of phenolic OH excluding ortho intramolecular Hbond substituents is 1. The average Bonchev–Trinajstić information content (AvgIpc) is 3.20. The first kappa shape index (κ1) is 22.1. The molecule has 4 aliphatic rings. The number of piperidine rings is 1. The normalized spacial score (nSPS) is 30.1. The summed E-state index contributed by atoms with van der Waals surface area (Å²) >= 11 is 0. The molecule has 2 aromatic rings. The molecule has 2 heterocycles. The summed E-state index contributed by atoms with van der Waals surface area (Å²) in [6.07, 6.45) is 2.27. The van der Waals surface area contributed by atoms with E-state index in [9.17, 15) is 19.8 Å². The zero-order valence-electron chi connectivity index (χ0n) is 19.4. The summed E-state index contributed by atoms with van der Waals surface area (Å²) in [6, 6.07) is 12.1. The van der Waals surface area contributed by atoms with Crippen molar-refractivity contribution in [2.24, 2.45) is 0 Å². The highest BCUT2D eigenvalue weighted by Gasteiger charge is 2.72. The van der Waals surface area contributed by atoms with Crippen LogP contribution in [-0.2, 0) is 26.2 Å². The molecule has 1 spiro atoms. The van der Waals surface area contributed by atoms with Crippen LogP contribution < -0.4 is 9.47 Å². The second kappa shape index (κ2) is 7.83. The van der Waals surface area contributed by atoms with Crippen molar-refractivity contribution in [3.05, 3.63) is 65.4 Å². The second-order valence-electron chi connectivity index (χ2n) is 9.86. The van der Waals surface area contributed by atoms with E-state index in [4.69, 9.17) is 14.2 Å². The van der Waals surface area contributed by atoms with Gasteiger partial charge in [-0.2, -0.15) is 0 Å². The largest absolute Gasteiger partial charge is 0.504 e. The van der Waals surface area contributed by atoms with E-state index in [2.05, 4.69) is 4.90 Å². The van der Waals surface area contributed by atoms with Gasteiger partial charge in [0.15, 0.2) is 17.6 Å². The SMILES string of the molecule is CN1CC[C@]23c4c5ccc(O)c4O[C@H]2C(OC(=O)CCC(=O)Oc2ccccc2)=CC[C@@]3(O)[C@H]1C5. The zero-order chi connectivity index (χ0) is 24.4. The van der Waals surface area contributed by atoms with Crippen LogP contribution in [0, 0.1) is 0 Å². The van der Waals surface area contributed by atoms with Gasteiger partial charge in [-0.05, 0) is 56.3 Å². The summed E-state index contributed by atoms with van der Waals surface area (Å²) in [7, 11) is 2.01. The van der Waals surface area contributed by atoms with E-state index in [1.807, 2.05) is 19.2 Å². The standard InChI is InChI=1S/C27H27NO7/c1-28-14-13-26-23-16-7-8-18(29)24(23)35-25(26)19(11-12-27(26,32)20(28)15-16)34-22(31)10-9-21(30)33-17-5-3-2-4-6-17/h2-8,11,20,25,29,32H,9-10,12-15H2,1H3/t20-,25+,26+,27-/m1/s1. The van der Waals surface area contributed by atoms with Gasteiger partial charge in [0.25, 0.3) is 0 Å². The van der Waals surface area contributed by atoms with Gasteiger partial charge in [-0.15, -0.1) is 0 Å². The Labute approximate surface area is 202 Å². The molecule has 8 heteroatoms. The third kappa shape index (κ3) is 3.13. The quantitative estimate of drug-likeness (QED) is 0.500. The molecule has 0 aromatic heterocycles. The zero-order valence-corrected chi connectivity index (χ0v) is 19.4. The number of esters is 2. The summed E-state index contributed by atoms with van der Waals surface area (Å²) in [6.45, 7) is 0.744. The number of phenols is 1. The summed E-state index contributed by atoms with van der Waals surface area (Å²) in [4.78, 5) is 27.0. The van der Waals surface area contributed by atoms with Gasteiger partial charge in [0.1, 0.15) is 11.5 Å². The summed E-state index contributed by atoms with van der Waals surface area (Å²) in [5.41, 5.74) is -0.0608. The Kier molecular flexibility index (Phi) is 4.95. The number of ether oxygens (including phenoxy) is 3. The number of likely N-dealkylation sites (N-methyl/N-ethyl adjacent to an activating group) is 1. The lowest BCUT2D eigenvalue weighted by Crippen LogP contribution is -2.74. The average molecular weight is 478 g/mol. The molecule has 35 heavy (non-hydrogen) atoms. The molecular formula is C27H27NO7. The van der Waals surface area contributed by atoms with Gasteiger partial charge in [0, 0.05) is 18.0 Å². The van der Waals surface area contributed by atoms with Gasteiger partial charge in [0.2, 0.25) is 0 Å². The van der Waals surface area contributed by atoms with E-state index < -0.39 is 29.1 Å². The maximum Gasteiger partial charge on any atom is 0.311 e. The van der Waals surface area contributed by atoms with Crippen LogP contribution >= 0.6 is 0 Å². The molecule has 2 bridgehead atoms. The molecule has 8 nitrogen and oxygen atoms in total. The highest BCUT2D eigenvalue weighted by Crippen LogP contribution is 2.65. The smallest absolute Gasteiger partial charge is 0.311 e. The number of nitrogens with zero attached hydrogens (tertiary/aromatic N) is 1. The Morgan fingerprint density at radius 2 is 1.86 bits per heavy atom. The third-order valence-corrected chi connectivity index (χ3v) is 8.09. The molecular weight excluding hydrogens is 450 g/mol. The number of hydrogen-bond donors (Lipinski definition) is 2. The van der Waals surface area contributed by atoms with Gasteiger partial charge >= 0.3 is 11.9 Å². The lowest BCUT2D eigenvalue weighted by molar-refractivity contribution is -0.169. The Hall–Kier alpha value is -3.36. The number of aromatic hydroxyl groups is 1. The topological polar surface area (TPSA) is 106 Å². The van der Waals surface area contributed by atoms with Gasteiger partial charge in [-0.1, -0.05) is 24.3 Å².